The highest BCUT2D eigenvalue weighted by atomic mass is 16.2. The van der Waals surface area contributed by atoms with Gasteiger partial charge in [-0.05, 0) is 44.1 Å². The van der Waals surface area contributed by atoms with Crippen LogP contribution in [0, 0.1) is 0 Å². The number of hydrogen-bond acceptors (Lipinski definition) is 3. The quantitative estimate of drug-likeness (QED) is 0.693. The van der Waals surface area contributed by atoms with Gasteiger partial charge in [-0.2, -0.15) is 0 Å². The topological polar surface area (TPSA) is 43.9 Å². The van der Waals surface area contributed by atoms with Crippen LogP contribution in [0.2, 0.25) is 0 Å². The minimum absolute atomic E-state index is 0.0753. The van der Waals surface area contributed by atoms with Crippen molar-refractivity contribution in [1.29, 1.82) is 0 Å². The lowest BCUT2D eigenvalue weighted by Crippen LogP contribution is -2.42. The number of nitrogens with zero attached hydrogens (tertiary/aromatic N) is 3. The van der Waals surface area contributed by atoms with Crippen molar-refractivity contribution in [1.82, 2.24) is 9.80 Å². The van der Waals surface area contributed by atoms with Gasteiger partial charge in [-0.1, -0.05) is 48.5 Å². The number of benzene rings is 2. The molecule has 3 rings (SSSR count). The van der Waals surface area contributed by atoms with Crippen molar-refractivity contribution in [3.8, 4) is 0 Å². The lowest BCUT2D eigenvalue weighted by Gasteiger charge is -2.29. The van der Waals surface area contributed by atoms with Gasteiger partial charge < -0.3 is 14.7 Å². The van der Waals surface area contributed by atoms with Gasteiger partial charge in [-0.15, -0.1) is 0 Å². The van der Waals surface area contributed by atoms with Gasteiger partial charge in [0.15, 0.2) is 0 Å². The van der Waals surface area contributed by atoms with Crippen LogP contribution in [-0.4, -0.2) is 62.9 Å². The predicted octanol–water partition coefficient (Wildman–Crippen LogP) is 2.94. The molecule has 1 atom stereocenters. The summed E-state index contributed by atoms with van der Waals surface area (Å²) in [5.74, 6) is 0.158. The van der Waals surface area contributed by atoms with Crippen molar-refractivity contribution in [2.75, 3.05) is 46.2 Å². The molecule has 0 spiro atoms. The largest absolute Gasteiger partial charge is 0.344 e. The third-order valence-electron chi connectivity index (χ3n) is 5.92. The SMILES string of the molecule is CN(C)CCN(C)C(=O)CCC1(Cc2ccccc2)C(=O)N(C)c2ccccc21. The maximum absolute atomic E-state index is 13.5. The van der Waals surface area contributed by atoms with Crippen LogP contribution in [0.4, 0.5) is 5.69 Å². The number of anilines is 1. The Bertz CT molecular complexity index is 865. The zero-order valence-corrected chi connectivity index (χ0v) is 17.9. The molecule has 1 aliphatic rings. The van der Waals surface area contributed by atoms with E-state index in [0.29, 0.717) is 25.8 Å². The van der Waals surface area contributed by atoms with Crippen LogP contribution in [0.5, 0.6) is 0 Å². The molecule has 1 unspecified atom stereocenters. The summed E-state index contributed by atoms with van der Waals surface area (Å²) in [7, 11) is 7.67. The van der Waals surface area contributed by atoms with E-state index < -0.39 is 5.41 Å². The van der Waals surface area contributed by atoms with Crippen LogP contribution in [0.15, 0.2) is 54.6 Å². The first-order valence-corrected chi connectivity index (χ1v) is 10.2. The van der Waals surface area contributed by atoms with E-state index in [4.69, 9.17) is 0 Å². The molecule has 2 amide bonds. The summed E-state index contributed by atoms with van der Waals surface area (Å²) in [5.41, 5.74) is 2.38. The highest BCUT2D eigenvalue weighted by molar-refractivity contribution is 6.08. The Balaban J connectivity index is 1.87. The molecule has 0 saturated carbocycles. The second-order valence-corrected chi connectivity index (χ2v) is 8.24. The zero-order chi connectivity index (χ0) is 21.0. The molecule has 5 heteroatoms. The molecule has 1 heterocycles. The highest BCUT2D eigenvalue weighted by Gasteiger charge is 2.49. The molecule has 2 aromatic rings. The lowest BCUT2D eigenvalue weighted by molar-refractivity contribution is -0.131. The zero-order valence-electron chi connectivity index (χ0n) is 17.9. The number of fused-ring (bicyclic) bond motifs is 1. The van der Waals surface area contributed by atoms with Crippen molar-refractivity contribution >= 4 is 17.5 Å². The van der Waals surface area contributed by atoms with E-state index in [2.05, 4.69) is 17.0 Å². The highest BCUT2D eigenvalue weighted by Crippen LogP contribution is 2.46. The minimum Gasteiger partial charge on any atom is -0.344 e. The van der Waals surface area contributed by atoms with Gasteiger partial charge in [0.2, 0.25) is 11.8 Å². The first-order valence-electron chi connectivity index (χ1n) is 10.2. The summed E-state index contributed by atoms with van der Waals surface area (Å²) in [6, 6.07) is 18.1. The van der Waals surface area contributed by atoms with E-state index in [1.807, 2.05) is 70.7 Å². The summed E-state index contributed by atoms with van der Waals surface area (Å²) in [5, 5.41) is 0. The van der Waals surface area contributed by atoms with Crippen LogP contribution in [0.1, 0.15) is 24.0 Å². The van der Waals surface area contributed by atoms with Crippen LogP contribution in [0.25, 0.3) is 0 Å². The van der Waals surface area contributed by atoms with Gasteiger partial charge in [-0.3, -0.25) is 9.59 Å². The molecule has 5 nitrogen and oxygen atoms in total. The van der Waals surface area contributed by atoms with E-state index in [1.54, 1.807) is 9.80 Å². The molecule has 0 aromatic heterocycles. The van der Waals surface area contributed by atoms with Crippen molar-refractivity contribution in [3.05, 3.63) is 65.7 Å². The number of carbonyl (C=O) groups excluding carboxylic acids is 2. The predicted molar refractivity (Wildman–Crippen MR) is 117 cm³/mol. The number of carbonyl (C=O) groups is 2. The van der Waals surface area contributed by atoms with Crippen LogP contribution < -0.4 is 4.90 Å². The normalized spacial score (nSPS) is 18.2. The Kier molecular flexibility index (Phi) is 6.38. The molecule has 154 valence electrons. The molecular weight excluding hydrogens is 362 g/mol. The van der Waals surface area contributed by atoms with Crippen molar-refractivity contribution in [2.45, 2.75) is 24.7 Å². The van der Waals surface area contributed by atoms with Crippen molar-refractivity contribution < 1.29 is 9.59 Å². The molecular formula is C24H31N3O2. The third-order valence-corrected chi connectivity index (χ3v) is 5.92. The van der Waals surface area contributed by atoms with Gasteiger partial charge >= 0.3 is 0 Å². The smallest absolute Gasteiger partial charge is 0.237 e. The van der Waals surface area contributed by atoms with Gasteiger partial charge in [0.1, 0.15) is 0 Å². The maximum Gasteiger partial charge on any atom is 0.237 e. The average molecular weight is 394 g/mol. The van der Waals surface area contributed by atoms with Gasteiger partial charge in [0.05, 0.1) is 5.41 Å². The molecule has 0 fully saturated rings. The van der Waals surface area contributed by atoms with Crippen molar-refractivity contribution in [2.24, 2.45) is 0 Å². The average Bonchev–Trinajstić information content (AvgIpc) is 2.93. The van der Waals surface area contributed by atoms with E-state index in [0.717, 1.165) is 23.4 Å². The summed E-state index contributed by atoms with van der Waals surface area (Å²) >= 11 is 0. The fraction of sp³-hybridized carbons (Fsp3) is 0.417. The Hall–Kier alpha value is -2.66. The Labute approximate surface area is 173 Å². The molecule has 0 bridgehead atoms. The Morgan fingerprint density at radius 3 is 2.31 bits per heavy atom. The summed E-state index contributed by atoms with van der Waals surface area (Å²) in [6.07, 6.45) is 1.46. The number of rotatable bonds is 8. The van der Waals surface area contributed by atoms with E-state index in [1.165, 1.54) is 0 Å². The number of likely N-dealkylation sites (N-methyl/N-ethyl adjacent to an activating group) is 3. The third kappa shape index (κ3) is 4.35. The van der Waals surface area contributed by atoms with Crippen molar-refractivity contribution in [3.63, 3.8) is 0 Å². The van der Waals surface area contributed by atoms with E-state index >= 15 is 0 Å². The number of para-hydroxylation sites is 1. The van der Waals surface area contributed by atoms with Gasteiger partial charge in [-0.25, -0.2) is 0 Å². The fourth-order valence-electron chi connectivity index (χ4n) is 4.15. The Morgan fingerprint density at radius 1 is 0.966 bits per heavy atom. The van der Waals surface area contributed by atoms with E-state index in [9.17, 15) is 9.59 Å². The standard InChI is InChI=1S/C24H31N3O2/c1-25(2)16-17-26(3)22(28)14-15-24(18-19-10-6-5-7-11-19)20-12-8-9-13-21(20)27(4)23(24)29/h5-13H,14-18H2,1-4H3. The van der Waals surface area contributed by atoms with Crippen LogP contribution in [0.3, 0.4) is 0 Å². The lowest BCUT2D eigenvalue weighted by atomic mass is 9.73. The van der Waals surface area contributed by atoms with E-state index in [-0.39, 0.29) is 11.8 Å². The van der Waals surface area contributed by atoms with Gasteiger partial charge in [0.25, 0.3) is 0 Å². The van der Waals surface area contributed by atoms with Gasteiger partial charge in [0, 0.05) is 39.3 Å². The number of hydrogen-bond donors (Lipinski definition) is 0. The fourth-order valence-corrected chi connectivity index (χ4v) is 4.15. The molecule has 0 radical (unpaired) electrons. The minimum atomic E-state index is -0.704. The van der Waals surface area contributed by atoms with Crippen LogP contribution >= 0.6 is 0 Å². The molecule has 0 N–H and O–H groups in total. The monoisotopic (exact) mass is 393 g/mol. The molecule has 0 aliphatic carbocycles. The Morgan fingerprint density at radius 2 is 1.62 bits per heavy atom. The molecule has 29 heavy (non-hydrogen) atoms. The first kappa shape index (κ1) is 21.1. The second-order valence-electron chi connectivity index (χ2n) is 8.24. The summed E-state index contributed by atoms with van der Waals surface area (Å²) in [6.45, 7) is 1.50. The second kappa shape index (κ2) is 8.78. The summed E-state index contributed by atoms with van der Waals surface area (Å²) in [4.78, 5) is 31.8. The molecule has 2 aromatic carbocycles. The number of amides is 2. The summed E-state index contributed by atoms with van der Waals surface area (Å²) < 4.78 is 0. The first-order chi connectivity index (χ1) is 13.8. The van der Waals surface area contributed by atoms with Crippen LogP contribution in [-0.2, 0) is 21.4 Å². The molecule has 1 aliphatic heterocycles. The maximum atomic E-state index is 13.5. The molecule has 0 saturated heterocycles.